The van der Waals surface area contributed by atoms with Crippen molar-refractivity contribution in [1.29, 1.82) is 0 Å². The van der Waals surface area contributed by atoms with Crippen molar-refractivity contribution in [3.8, 4) is 0 Å². The van der Waals surface area contributed by atoms with Gasteiger partial charge in [-0.25, -0.2) is 0 Å². The number of furan rings is 1. The van der Waals surface area contributed by atoms with E-state index in [9.17, 15) is 0 Å². The fourth-order valence-electron chi connectivity index (χ4n) is 1.26. The average Bonchev–Trinajstić information content (AvgIpc) is 2.86. The smallest absolute Gasteiger partial charge is 0.191 e. The van der Waals surface area contributed by atoms with Crippen molar-refractivity contribution in [1.82, 2.24) is 14.8 Å². The second kappa shape index (κ2) is 4.71. The molecule has 6 heteroatoms. The molecule has 0 aromatic carbocycles. The minimum atomic E-state index is 0.438. The third-order valence-corrected chi connectivity index (χ3v) is 3.36. The molecule has 0 aliphatic rings. The van der Waals surface area contributed by atoms with E-state index in [2.05, 4.69) is 10.2 Å². The Kier molecular flexibility index (Phi) is 3.31. The van der Waals surface area contributed by atoms with Gasteiger partial charge in [0.2, 0.25) is 0 Å². The van der Waals surface area contributed by atoms with Crippen molar-refractivity contribution >= 4 is 11.8 Å². The lowest BCUT2D eigenvalue weighted by Gasteiger charge is -1.99. The zero-order valence-corrected chi connectivity index (χ0v) is 10.1. The maximum Gasteiger partial charge on any atom is 0.191 e. The molecule has 0 aliphatic carbocycles. The molecule has 0 saturated heterocycles. The highest BCUT2D eigenvalue weighted by Crippen LogP contribution is 2.21. The van der Waals surface area contributed by atoms with Crippen molar-refractivity contribution in [3.63, 3.8) is 0 Å². The van der Waals surface area contributed by atoms with Crippen LogP contribution in [0.1, 0.15) is 17.3 Å². The maximum absolute atomic E-state index is 5.50. The number of hydrogen-bond acceptors (Lipinski definition) is 5. The molecule has 2 heterocycles. The molecule has 0 saturated carbocycles. The Balaban J connectivity index is 1.99. The van der Waals surface area contributed by atoms with Crippen LogP contribution in [0, 0.1) is 6.92 Å². The van der Waals surface area contributed by atoms with E-state index in [0.29, 0.717) is 6.54 Å². The van der Waals surface area contributed by atoms with E-state index < -0.39 is 0 Å². The van der Waals surface area contributed by atoms with E-state index in [1.807, 2.05) is 30.7 Å². The Morgan fingerprint density at radius 2 is 2.12 bits per heavy atom. The quantitative estimate of drug-likeness (QED) is 0.817. The summed E-state index contributed by atoms with van der Waals surface area (Å²) in [6, 6.07) is 3.84. The lowest BCUT2D eigenvalue weighted by Crippen LogP contribution is -1.94. The van der Waals surface area contributed by atoms with E-state index in [4.69, 9.17) is 10.2 Å². The standard InChI is InChI=1S/C10H14N4OS/c1-7-12-13-10(14(7)2)16-6-9-4-3-8(5-11)15-9/h3-4H,5-6,11H2,1-2H3. The van der Waals surface area contributed by atoms with Crippen LogP contribution in [-0.2, 0) is 19.3 Å². The molecule has 0 spiro atoms. The predicted octanol–water partition coefficient (Wildman–Crippen LogP) is 1.47. The SMILES string of the molecule is Cc1nnc(SCc2ccc(CN)o2)n1C. The molecule has 0 bridgehead atoms. The summed E-state index contributed by atoms with van der Waals surface area (Å²) >= 11 is 1.60. The number of nitrogens with two attached hydrogens (primary N) is 1. The molecule has 2 aromatic heterocycles. The summed E-state index contributed by atoms with van der Waals surface area (Å²) in [5, 5.41) is 8.95. The number of aromatic nitrogens is 3. The zero-order valence-electron chi connectivity index (χ0n) is 9.30. The largest absolute Gasteiger partial charge is 0.464 e. The molecule has 2 rings (SSSR count). The van der Waals surface area contributed by atoms with Crippen LogP contribution in [0.4, 0.5) is 0 Å². The van der Waals surface area contributed by atoms with Crippen LogP contribution in [0.2, 0.25) is 0 Å². The van der Waals surface area contributed by atoms with E-state index in [1.54, 1.807) is 11.8 Å². The van der Waals surface area contributed by atoms with Crippen LogP contribution in [0.25, 0.3) is 0 Å². The number of rotatable bonds is 4. The first-order chi connectivity index (χ1) is 7.70. The third kappa shape index (κ3) is 2.28. The van der Waals surface area contributed by atoms with Gasteiger partial charge in [-0.15, -0.1) is 10.2 Å². The normalized spacial score (nSPS) is 10.9. The fourth-order valence-corrected chi connectivity index (χ4v) is 2.11. The van der Waals surface area contributed by atoms with Crippen LogP contribution < -0.4 is 5.73 Å². The lowest BCUT2D eigenvalue weighted by molar-refractivity contribution is 0.482. The van der Waals surface area contributed by atoms with Crippen molar-refractivity contribution in [2.24, 2.45) is 12.8 Å². The lowest BCUT2D eigenvalue weighted by atomic mass is 10.4. The van der Waals surface area contributed by atoms with Crippen LogP contribution in [0.3, 0.4) is 0 Å². The Labute approximate surface area is 98.0 Å². The molecular formula is C10H14N4OS. The van der Waals surface area contributed by atoms with Crippen LogP contribution >= 0.6 is 11.8 Å². The van der Waals surface area contributed by atoms with Crippen molar-refractivity contribution < 1.29 is 4.42 Å². The van der Waals surface area contributed by atoms with Gasteiger partial charge in [-0.05, 0) is 19.1 Å². The van der Waals surface area contributed by atoms with Gasteiger partial charge in [-0.3, -0.25) is 0 Å². The first kappa shape index (κ1) is 11.2. The highest BCUT2D eigenvalue weighted by molar-refractivity contribution is 7.98. The van der Waals surface area contributed by atoms with Gasteiger partial charge in [0, 0.05) is 7.05 Å². The minimum Gasteiger partial charge on any atom is -0.464 e. The first-order valence-electron chi connectivity index (χ1n) is 4.97. The van der Waals surface area contributed by atoms with Gasteiger partial charge in [0.05, 0.1) is 12.3 Å². The van der Waals surface area contributed by atoms with Crippen LogP contribution in [0.5, 0.6) is 0 Å². The third-order valence-electron chi connectivity index (χ3n) is 2.31. The topological polar surface area (TPSA) is 69.9 Å². The Morgan fingerprint density at radius 1 is 1.38 bits per heavy atom. The average molecular weight is 238 g/mol. The summed E-state index contributed by atoms with van der Waals surface area (Å²) in [5.74, 6) is 3.37. The molecule has 0 aliphatic heterocycles. The summed E-state index contributed by atoms with van der Waals surface area (Å²) in [6.45, 7) is 2.37. The molecule has 0 amide bonds. The summed E-state index contributed by atoms with van der Waals surface area (Å²) < 4.78 is 7.45. The van der Waals surface area contributed by atoms with Crippen molar-refractivity contribution in [2.75, 3.05) is 0 Å². The summed E-state index contributed by atoms with van der Waals surface area (Å²) in [6.07, 6.45) is 0. The molecule has 16 heavy (non-hydrogen) atoms. The highest BCUT2D eigenvalue weighted by atomic mass is 32.2. The second-order valence-corrected chi connectivity index (χ2v) is 4.39. The van der Waals surface area contributed by atoms with E-state index in [-0.39, 0.29) is 0 Å². The summed E-state index contributed by atoms with van der Waals surface area (Å²) in [7, 11) is 1.95. The molecule has 5 nitrogen and oxygen atoms in total. The van der Waals surface area contributed by atoms with Gasteiger partial charge in [-0.1, -0.05) is 11.8 Å². The van der Waals surface area contributed by atoms with Crippen molar-refractivity contribution in [3.05, 3.63) is 29.5 Å². The molecule has 0 radical (unpaired) electrons. The van der Waals surface area contributed by atoms with Gasteiger partial charge in [-0.2, -0.15) is 0 Å². The van der Waals surface area contributed by atoms with Gasteiger partial charge in [0.25, 0.3) is 0 Å². The molecule has 0 unspecified atom stereocenters. The van der Waals surface area contributed by atoms with Gasteiger partial charge in [0.1, 0.15) is 17.3 Å². The second-order valence-electron chi connectivity index (χ2n) is 3.45. The molecule has 86 valence electrons. The molecule has 0 fully saturated rings. The summed E-state index contributed by atoms with van der Waals surface area (Å²) in [5.41, 5.74) is 5.47. The van der Waals surface area contributed by atoms with E-state index in [1.165, 1.54) is 0 Å². The van der Waals surface area contributed by atoms with E-state index >= 15 is 0 Å². The molecule has 2 aromatic rings. The zero-order chi connectivity index (χ0) is 11.5. The van der Waals surface area contributed by atoms with Crippen molar-refractivity contribution in [2.45, 2.75) is 24.4 Å². The Hall–Kier alpha value is -1.27. The van der Waals surface area contributed by atoms with Crippen LogP contribution in [-0.4, -0.2) is 14.8 Å². The van der Waals surface area contributed by atoms with Gasteiger partial charge in [0.15, 0.2) is 5.16 Å². The van der Waals surface area contributed by atoms with Gasteiger partial charge >= 0.3 is 0 Å². The monoisotopic (exact) mass is 238 g/mol. The Morgan fingerprint density at radius 3 is 2.69 bits per heavy atom. The maximum atomic E-state index is 5.50. The Bertz CT molecular complexity index is 477. The number of aryl methyl sites for hydroxylation is 1. The molecule has 0 atom stereocenters. The number of nitrogens with zero attached hydrogens (tertiary/aromatic N) is 3. The molecule has 2 N–H and O–H groups in total. The van der Waals surface area contributed by atoms with Crippen LogP contribution in [0.15, 0.2) is 21.7 Å². The molecular weight excluding hydrogens is 224 g/mol. The number of hydrogen-bond donors (Lipinski definition) is 1. The van der Waals surface area contributed by atoms with E-state index in [0.717, 1.165) is 28.3 Å². The summed E-state index contributed by atoms with van der Waals surface area (Å²) in [4.78, 5) is 0. The highest BCUT2D eigenvalue weighted by Gasteiger charge is 2.07. The fraction of sp³-hybridized carbons (Fsp3) is 0.400. The van der Waals surface area contributed by atoms with Gasteiger partial charge < -0.3 is 14.7 Å². The minimum absolute atomic E-state index is 0.438. The number of thioether (sulfide) groups is 1. The first-order valence-corrected chi connectivity index (χ1v) is 5.95. The predicted molar refractivity (Wildman–Crippen MR) is 61.9 cm³/mol.